The predicted molar refractivity (Wildman–Crippen MR) is 106 cm³/mol. The number of thiazole rings is 1. The van der Waals surface area contributed by atoms with Gasteiger partial charge in [-0.3, -0.25) is 4.79 Å². The maximum Gasteiger partial charge on any atom is 0.261 e. The van der Waals surface area contributed by atoms with E-state index in [1.165, 1.54) is 16.2 Å². The van der Waals surface area contributed by atoms with Gasteiger partial charge in [0.1, 0.15) is 5.01 Å². The monoisotopic (exact) mass is 379 g/mol. The van der Waals surface area contributed by atoms with E-state index in [-0.39, 0.29) is 5.91 Å². The molecule has 0 saturated carbocycles. The summed E-state index contributed by atoms with van der Waals surface area (Å²) in [7, 11) is 0. The summed E-state index contributed by atoms with van der Waals surface area (Å²) >= 11 is 3.14. The second kappa shape index (κ2) is 10.1. The zero-order valence-corrected chi connectivity index (χ0v) is 16.5. The van der Waals surface area contributed by atoms with Gasteiger partial charge >= 0.3 is 0 Å². The molecule has 0 aromatic carbocycles. The number of hydrogen-bond acceptors (Lipinski definition) is 5. The first-order valence-electron chi connectivity index (χ1n) is 8.37. The first-order valence-corrected chi connectivity index (χ1v) is 10.1. The Bertz CT molecular complexity index is 674. The SMILES string of the molecule is CCNC(=NCc1nc(C)c(C)s1)NCCCNC(=O)c1cccs1. The number of nitrogens with zero attached hydrogens (tertiary/aromatic N) is 2. The molecular formula is C17H25N5OS2. The molecule has 0 radical (unpaired) electrons. The molecule has 2 aromatic heterocycles. The summed E-state index contributed by atoms with van der Waals surface area (Å²) in [6, 6.07) is 3.71. The lowest BCUT2D eigenvalue weighted by atomic mass is 10.4. The van der Waals surface area contributed by atoms with Crippen LogP contribution >= 0.6 is 22.7 Å². The summed E-state index contributed by atoms with van der Waals surface area (Å²) in [5, 5.41) is 12.4. The average Bonchev–Trinajstić information content (AvgIpc) is 3.22. The Kier molecular flexibility index (Phi) is 7.87. The van der Waals surface area contributed by atoms with E-state index in [1.807, 2.05) is 31.4 Å². The van der Waals surface area contributed by atoms with Crippen molar-refractivity contribution < 1.29 is 4.79 Å². The van der Waals surface area contributed by atoms with Crippen LogP contribution in [0.4, 0.5) is 0 Å². The number of aliphatic imine (C=N–C) groups is 1. The first kappa shape index (κ1) is 19.4. The van der Waals surface area contributed by atoms with Crippen molar-refractivity contribution in [3.05, 3.63) is 38.0 Å². The third-order valence-corrected chi connectivity index (χ3v) is 5.39. The van der Waals surface area contributed by atoms with E-state index in [9.17, 15) is 4.79 Å². The quantitative estimate of drug-likeness (QED) is 0.374. The molecule has 0 unspecified atom stereocenters. The Hall–Kier alpha value is -1.93. The van der Waals surface area contributed by atoms with E-state index < -0.39 is 0 Å². The number of aromatic nitrogens is 1. The van der Waals surface area contributed by atoms with Crippen molar-refractivity contribution in [1.82, 2.24) is 20.9 Å². The summed E-state index contributed by atoms with van der Waals surface area (Å²) in [4.78, 5) is 22.9. The minimum Gasteiger partial charge on any atom is -0.357 e. The molecule has 25 heavy (non-hydrogen) atoms. The fourth-order valence-corrected chi connectivity index (χ4v) is 3.59. The van der Waals surface area contributed by atoms with Gasteiger partial charge in [-0.05, 0) is 38.6 Å². The van der Waals surface area contributed by atoms with Gasteiger partial charge in [-0.1, -0.05) is 6.07 Å². The van der Waals surface area contributed by atoms with Crippen molar-refractivity contribution in [1.29, 1.82) is 0 Å². The van der Waals surface area contributed by atoms with Gasteiger partial charge in [0.05, 0.1) is 17.1 Å². The lowest BCUT2D eigenvalue weighted by Crippen LogP contribution is -2.38. The van der Waals surface area contributed by atoms with Gasteiger partial charge < -0.3 is 16.0 Å². The second-order valence-corrected chi connectivity index (χ2v) is 7.69. The van der Waals surface area contributed by atoms with Crippen LogP contribution in [0.15, 0.2) is 22.5 Å². The number of rotatable bonds is 8. The van der Waals surface area contributed by atoms with Crippen LogP contribution in [0, 0.1) is 13.8 Å². The van der Waals surface area contributed by atoms with Crippen molar-refractivity contribution in [2.75, 3.05) is 19.6 Å². The van der Waals surface area contributed by atoms with E-state index >= 15 is 0 Å². The molecule has 0 aliphatic rings. The Balaban J connectivity index is 1.71. The highest BCUT2D eigenvalue weighted by Gasteiger charge is 2.05. The summed E-state index contributed by atoms with van der Waals surface area (Å²) in [5.74, 6) is 0.766. The van der Waals surface area contributed by atoms with Gasteiger partial charge in [-0.25, -0.2) is 9.98 Å². The summed E-state index contributed by atoms with van der Waals surface area (Å²) in [6.45, 7) is 8.89. The molecule has 0 spiro atoms. The van der Waals surface area contributed by atoms with Gasteiger partial charge in [-0.2, -0.15) is 0 Å². The minimum atomic E-state index is -0.00918. The topological polar surface area (TPSA) is 78.4 Å². The van der Waals surface area contributed by atoms with Crippen LogP contribution in [0.25, 0.3) is 0 Å². The van der Waals surface area contributed by atoms with E-state index in [1.54, 1.807) is 11.3 Å². The second-order valence-electron chi connectivity index (χ2n) is 5.46. The van der Waals surface area contributed by atoms with Gasteiger partial charge in [0, 0.05) is 24.5 Å². The normalized spacial score (nSPS) is 11.4. The van der Waals surface area contributed by atoms with Crippen molar-refractivity contribution in [3.63, 3.8) is 0 Å². The van der Waals surface area contributed by atoms with Crippen molar-refractivity contribution in [2.45, 2.75) is 33.7 Å². The number of hydrogen-bond donors (Lipinski definition) is 3. The highest BCUT2D eigenvalue weighted by atomic mass is 32.1. The molecule has 3 N–H and O–H groups in total. The zero-order valence-electron chi connectivity index (χ0n) is 14.9. The molecule has 0 saturated heterocycles. The van der Waals surface area contributed by atoms with Gasteiger partial charge in [0.15, 0.2) is 5.96 Å². The Morgan fingerprint density at radius 2 is 2.04 bits per heavy atom. The van der Waals surface area contributed by atoms with Crippen molar-refractivity contribution in [2.24, 2.45) is 4.99 Å². The smallest absolute Gasteiger partial charge is 0.261 e. The van der Waals surface area contributed by atoms with Gasteiger partial charge in [0.2, 0.25) is 0 Å². The van der Waals surface area contributed by atoms with E-state index in [2.05, 4.69) is 32.9 Å². The van der Waals surface area contributed by atoms with Crippen LogP contribution in [0.3, 0.4) is 0 Å². The molecule has 0 aliphatic heterocycles. The van der Waals surface area contributed by atoms with E-state index in [0.29, 0.717) is 13.1 Å². The summed E-state index contributed by atoms with van der Waals surface area (Å²) in [6.07, 6.45) is 0.830. The molecule has 2 aromatic rings. The molecule has 0 atom stereocenters. The van der Waals surface area contributed by atoms with Crippen LogP contribution in [0.2, 0.25) is 0 Å². The maximum atomic E-state index is 11.8. The Labute approximate surface area is 156 Å². The van der Waals surface area contributed by atoms with Crippen LogP contribution in [-0.4, -0.2) is 36.5 Å². The van der Waals surface area contributed by atoms with Gasteiger partial charge in [0.25, 0.3) is 5.91 Å². The molecule has 1 amide bonds. The van der Waals surface area contributed by atoms with Crippen LogP contribution in [0.5, 0.6) is 0 Å². The molecule has 0 fully saturated rings. The average molecular weight is 380 g/mol. The fourth-order valence-electron chi connectivity index (χ4n) is 2.09. The molecule has 2 rings (SSSR count). The number of thiophene rings is 1. The van der Waals surface area contributed by atoms with Crippen LogP contribution in [0.1, 0.15) is 38.6 Å². The standard InChI is InChI=1S/C17H25N5OS2/c1-4-18-17(21-11-15-22-12(2)13(3)25-15)20-9-6-8-19-16(23)14-7-5-10-24-14/h5,7,10H,4,6,8-9,11H2,1-3H3,(H,19,23)(H2,18,20,21). The van der Waals surface area contributed by atoms with Crippen molar-refractivity contribution >= 4 is 34.5 Å². The van der Waals surface area contributed by atoms with Crippen molar-refractivity contribution in [3.8, 4) is 0 Å². The number of aryl methyl sites for hydroxylation is 2. The zero-order chi connectivity index (χ0) is 18.1. The van der Waals surface area contributed by atoms with E-state index in [4.69, 9.17) is 0 Å². The molecule has 0 bridgehead atoms. The third kappa shape index (κ3) is 6.47. The Morgan fingerprint density at radius 1 is 1.24 bits per heavy atom. The molecule has 6 nitrogen and oxygen atoms in total. The lowest BCUT2D eigenvalue weighted by molar-refractivity contribution is 0.0957. The third-order valence-electron chi connectivity index (χ3n) is 3.47. The molecule has 0 aliphatic carbocycles. The predicted octanol–water partition coefficient (Wildman–Crippen LogP) is 2.70. The molecule has 8 heteroatoms. The highest BCUT2D eigenvalue weighted by Crippen LogP contribution is 2.16. The van der Waals surface area contributed by atoms with E-state index in [0.717, 1.165) is 41.0 Å². The highest BCUT2D eigenvalue weighted by molar-refractivity contribution is 7.12. The number of amides is 1. The van der Waals surface area contributed by atoms with Gasteiger partial charge in [-0.15, -0.1) is 22.7 Å². The molecular weight excluding hydrogens is 354 g/mol. The maximum absolute atomic E-state index is 11.8. The summed E-state index contributed by atoms with van der Waals surface area (Å²) < 4.78 is 0. The minimum absolute atomic E-state index is 0.00918. The fraction of sp³-hybridized carbons (Fsp3) is 0.471. The van der Waals surface area contributed by atoms with Crippen LogP contribution < -0.4 is 16.0 Å². The number of guanidine groups is 1. The first-order chi connectivity index (χ1) is 12.1. The number of nitrogens with one attached hydrogen (secondary N) is 3. The Morgan fingerprint density at radius 3 is 2.68 bits per heavy atom. The lowest BCUT2D eigenvalue weighted by Gasteiger charge is -2.11. The largest absolute Gasteiger partial charge is 0.357 e. The molecule has 2 heterocycles. The number of carbonyl (C=O) groups excluding carboxylic acids is 1. The summed E-state index contributed by atoms with van der Waals surface area (Å²) in [5.41, 5.74) is 1.08. The molecule has 136 valence electrons. The van der Waals surface area contributed by atoms with Crippen LogP contribution in [-0.2, 0) is 6.54 Å². The number of carbonyl (C=O) groups is 1.